The van der Waals surface area contributed by atoms with E-state index in [1.165, 1.54) is 7.11 Å². The van der Waals surface area contributed by atoms with Crippen LogP contribution in [0.15, 0.2) is 0 Å². The normalized spacial score (nSPS) is 34.8. The van der Waals surface area contributed by atoms with E-state index in [4.69, 9.17) is 14.6 Å². The average molecular weight is 280 g/mol. The van der Waals surface area contributed by atoms with Crippen molar-refractivity contribution in [2.24, 2.45) is 0 Å². The lowest BCUT2D eigenvalue weighted by Gasteiger charge is -2.39. The molecule has 5 unspecified atom stereocenters. The lowest BCUT2D eigenvalue weighted by Crippen LogP contribution is -2.59. The van der Waals surface area contributed by atoms with Gasteiger partial charge < -0.3 is 34.6 Å². The van der Waals surface area contributed by atoms with Crippen LogP contribution < -0.4 is 0 Å². The third-order valence-electron chi connectivity index (χ3n) is 2.60. The van der Waals surface area contributed by atoms with Crippen molar-refractivity contribution in [2.45, 2.75) is 37.1 Å². The van der Waals surface area contributed by atoms with Gasteiger partial charge >= 0.3 is 11.9 Å². The van der Waals surface area contributed by atoms with Gasteiger partial charge in [0.25, 0.3) is 0 Å². The smallest absolute Gasteiger partial charge is 0.317 e. The number of methoxy groups -OCH3 is 1. The number of ether oxygens (including phenoxy) is 3. The van der Waals surface area contributed by atoms with Gasteiger partial charge in [-0.1, -0.05) is 0 Å². The van der Waals surface area contributed by atoms with Crippen LogP contribution in [0.25, 0.3) is 0 Å². The van der Waals surface area contributed by atoms with Crippen molar-refractivity contribution in [3.63, 3.8) is 0 Å². The van der Waals surface area contributed by atoms with E-state index in [2.05, 4.69) is 4.74 Å². The van der Waals surface area contributed by atoms with Crippen LogP contribution in [0, 0.1) is 0 Å². The summed E-state index contributed by atoms with van der Waals surface area (Å²) in [6.45, 7) is -0.461. The van der Waals surface area contributed by atoms with E-state index in [1.807, 2.05) is 0 Å². The number of hydrogen-bond donors (Lipinski definition) is 4. The topological polar surface area (TPSA) is 143 Å². The first-order valence-electron chi connectivity index (χ1n) is 5.46. The number of rotatable bonds is 5. The molecule has 110 valence electrons. The lowest BCUT2D eigenvalue weighted by molar-refractivity contribution is -0.295. The summed E-state index contributed by atoms with van der Waals surface area (Å²) in [5, 5.41) is 37.0. The van der Waals surface area contributed by atoms with Crippen molar-refractivity contribution in [1.82, 2.24) is 0 Å². The van der Waals surface area contributed by atoms with Gasteiger partial charge in [-0.15, -0.1) is 0 Å². The summed E-state index contributed by atoms with van der Waals surface area (Å²) in [7, 11) is 1.23. The molecule has 5 atom stereocenters. The zero-order valence-electron chi connectivity index (χ0n) is 10.1. The molecule has 1 heterocycles. The van der Waals surface area contributed by atoms with Crippen LogP contribution in [0.4, 0.5) is 0 Å². The van der Waals surface area contributed by atoms with Gasteiger partial charge in [0.15, 0.2) is 6.29 Å². The van der Waals surface area contributed by atoms with Crippen LogP contribution in [0.3, 0.4) is 0 Å². The third-order valence-corrected chi connectivity index (χ3v) is 2.60. The molecule has 19 heavy (non-hydrogen) atoms. The van der Waals surface area contributed by atoms with E-state index in [0.717, 1.165) is 0 Å². The number of aliphatic hydroxyl groups is 3. The molecular formula is C10H16O9. The zero-order valence-corrected chi connectivity index (χ0v) is 10.1. The van der Waals surface area contributed by atoms with Crippen LogP contribution >= 0.6 is 0 Å². The Morgan fingerprint density at radius 3 is 2.32 bits per heavy atom. The van der Waals surface area contributed by atoms with Gasteiger partial charge in [0.2, 0.25) is 0 Å². The Labute approximate surface area is 108 Å². The third kappa shape index (κ3) is 4.11. The largest absolute Gasteiger partial charge is 0.481 e. The second-order valence-electron chi connectivity index (χ2n) is 4.00. The molecule has 0 aromatic heterocycles. The highest BCUT2D eigenvalue weighted by molar-refractivity contribution is 5.90. The van der Waals surface area contributed by atoms with Crippen molar-refractivity contribution >= 4 is 11.9 Å². The summed E-state index contributed by atoms with van der Waals surface area (Å²) in [5.41, 5.74) is 0. The van der Waals surface area contributed by atoms with E-state index in [9.17, 15) is 24.9 Å². The average Bonchev–Trinajstić information content (AvgIpc) is 2.34. The molecule has 1 rings (SSSR count). The quantitative estimate of drug-likeness (QED) is 0.316. The Hall–Kier alpha value is -1.26. The van der Waals surface area contributed by atoms with Crippen LogP contribution in [-0.2, 0) is 23.8 Å². The molecule has 1 aliphatic heterocycles. The number of esters is 1. The number of carboxylic acids is 1. The van der Waals surface area contributed by atoms with Crippen molar-refractivity contribution in [3.8, 4) is 0 Å². The number of carbonyl (C=O) groups excluding carboxylic acids is 1. The molecule has 0 aromatic carbocycles. The van der Waals surface area contributed by atoms with Crippen molar-refractivity contribution in [1.29, 1.82) is 0 Å². The Balaban J connectivity index is 2.52. The van der Waals surface area contributed by atoms with Gasteiger partial charge in [0.05, 0.1) is 0 Å². The second kappa shape index (κ2) is 6.78. The van der Waals surface area contributed by atoms with E-state index >= 15 is 0 Å². The fourth-order valence-electron chi connectivity index (χ4n) is 1.60. The maximum Gasteiger partial charge on any atom is 0.317 e. The van der Waals surface area contributed by atoms with E-state index in [-0.39, 0.29) is 0 Å². The minimum Gasteiger partial charge on any atom is -0.481 e. The Bertz CT molecular complexity index is 329. The van der Waals surface area contributed by atoms with Gasteiger partial charge in [-0.3, -0.25) is 9.59 Å². The molecule has 4 N–H and O–H groups in total. The molecule has 9 heteroatoms. The van der Waals surface area contributed by atoms with Gasteiger partial charge in [0, 0.05) is 7.11 Å². The molecule has 1 saturated heterocycles. The Morgan fingerprint density at radius 2 is 1.79 bits per heavy atom. The maximum atomic E-state index is 11.0. The summed E-state index contributed by atoms with van der Waals surface area (Å²) >= 11 is 0. The predicted molar refractivity (Wildman–Crippen MR) is 56.9 cm³/mol. The summed E-state index contributed by atoms with van der Waals surface area (Å²) < 4.78 is 14.4. The van der Waals surface area contributed by atoms with Gasteiger partial charge in [-0.2, -0.15) is 0 Å². The summed E-state index contributed by atoms with van der Waals surface area (Å²) in [6.07, 6.45) is -7.57. The minimum absolute atomic E-state index is 0.461. The highest BCUT2D eigenvalue weighted by Crippen LogP contribution is 2.21. The molecule has 1 fully saturated rings. The lowest BCUT2D eigenvalue weighted by atomic mass is 9.99. The summed E-state index contributed by atoms with van der Waals surface area (Å²) in [6, 6.07) is 0. The Kier molecular flexibility index (Phi) is 5.63. The van der Waals surface area contributed by atoms with E-state index in [0.29, 0.717) is 0 Å². The van der Waals surface area contributed by atoms with Crippen molar-refractivity contribution in [3.05, 3.63) is 0 Å². The predicted octanol–water partition coefficient (Wildman–Crippen LogP) is -2.54. The number of carbonyl (C=O) groups is 2. The number of aliphatic carboxylic acids is 1. The molecular weight excluding hydrogens is 264 g/mol. The highest BCUT2D eigenvalue weighted by Gasteiger charge is 2.44. The first kappa shape index (κ1) is 15.8. The van der Waals surface area contributed by atoms with Crippen molar-refractivity contribution in [2.75, 3.05) is 13.7 Å². The monoisotopic (exact) mass is 280 g/mol. The zero-order chi connectivity index (χ0) is 14.6. The molecule has 0 bridgehead atoms. The van der Waals surface area contributed by atoms with Crippen LogP contribution in [0.5, 0.6) is 0 Å². The molecule has 0 spiro atoms. The number of carboxylic acid groups (broad SMARTS) is 1. The standard InChI is InChI=1S/C10H16O9/c1-17-10-9(16)8(15)7(14)4(19-10)3-18-6(13)2-5(11)12/h4,7-10,14-16H,2-3H2,1H3,(H,11,12). The van der Waals surface area contributed by atoms with Crippen LogP contribution in [-0.4, -0.2) is 76.8 Å². The molecule has 1 aliphatic rings. The fraction of sp³-hybridized carbons (Fsp3) is 0.800. The first-order valence-corrected chi connectivity index (χ1v) is 5.46. The molecule has 0 aromatic rings. The summed E-state index contributed by atoms with van der Waals surface area (Å²) in [5.74, 6) is -2.35. The molecule has 0 amide bonds. The second-order valence-corrected chi connectivity index (χ2v) is 4.00. The van der Waals surface area contributed by atoms with Gasteiger partial charge in [-0.05, 0) is 0 Å². The summed E-state index contributed by atoms with van der Waals surface area (Å²) in [4.78, 5) is 21.3. The SMILES string of the molecule is COC1OC(COC(=O)CC(=O)O)C(O)C(O)C1O. The molecule has 9 nitrogen and oxygen atoms in total. The first-order chi connectivity index (χ1) is 8.86. The number of hydrogen-bond acceptors (Lipinski definition) is 8. The maximum absolute atomic E-state index is 11.0. The molecule has 0 saturated carbocycles. The Morgan fingerprint density at radius 1 is 1.16 bits per heavy atom. The molecule has 0 aliphatic carbocycles. The van der Waals surface area contributed by atoms with Crippen molar-refractivity contribution < 1.29 is 44.2 Å². The van der Waals surface area contributed by atoms with E-state index in [1.54, 1.807) is 0 Å². The van der Waals surface area contributed by atoms with Crippen LogP contribution in [0.1, 0.15) is 6.42 Å². The van der Waals surface area contributed by atoms with Crippen LogP contribution in [0.2, 0.25) is 0 Å². The van der Waals surface area contributed by atoms with Gasteiger partial charge in [0.1, 0.15) is 37.4 Å². The minimum atomic E-state index is -1.53. The molecule has 0 radical (unpaired) electrons. The van der Waals surface area contributed by atoms with E-state index < -0.39 is 55.7 Å². The van der Waals surface area contributed by atoms with Gasteiger partial charge in [-0.25, -0.2) is 0 Å². The number of aliphatic hydroxyl groups excluding tert-OH is 3. The fourth-order valence-corrected chi connectivity index (χ4v) is 1.60. The highest BCUT2D eigenvalue weighted by atomic mass is 16.7.